The summed E-state index contributed by atoms with van der Waals surface area (Å²) < 4.78 is 5.04. The number of amides is 1. The molecule has 33 heavy (non-hydrogen) atoms. The van der Waals surface area contributed by atoms with Gasteiger partial charge < -0.3 is 15.2 Å². The Hall–Kier alpha value is -2.04. The molecule has 0 aromatic heterocycles. The molecular formula is C28H39NO4. The smallest absolute Gasteiger partial charge is 0.408 e. The van der Waals surface area contributed by atoms with Crippen molar-refractivity contribution in [2.75, 3.05) is 0 Å². The van der Waals surface area contributed by atoms with Crippen molar-refractivity contribution in [2.24, 2.45) is 47.3 Å². The van der Waals surface area contributed by atoms with Gasteiger partial charge in [0.1, 0.15) is 11.6 Å². The monoisotopic (exact) mass is 453 g/mol. The molecule has 0 unspecified atom stereocenters. The van der Waals surface area contributed by atoms with Gasteiger partial charge >= 0.3 is 12.1 Å². The van der Waals surface area contributed by atoms with Crippen LogP contribution in [0.5, 0.6) is 0 Å². The molecule has 0 radical (unpaired) electrons. The molecule has 7 aliphatic carbocycles. The fraction of sp³-hybridized carbons (Fsp3) is 0.714. The second kappa shape index (κ2) is 8.63. The third-order valence-electron chi connectivity index (χ3n) is 9.20. The quantitative estimate of drug-likeness (QED) is 0.628. The van der Waals surface area contributed by atoms with E-state index < -0.39 is 23.7 Å². The predicted molar refractivity (Wildman–Crippen MR) is 127 cm³/mol. The van der Waals surface area contributed by atoms with Crippen LogP contribution in [0.1, 0.15) is 64.9 Å². The lowest BCUT2D eigenvalue weighted by Gasteiger charge is -2.69. The Bertz CT molecular complexity index is 788. The maximum absolute atomic E-state index is 11.6. The number of rotatable bonds is 4. The van der Waals surface area contributed by atoms with Crippen LogP contribution in [0, 0.1) is 47.3 Å². The molecule has 5 heteroatoms. The van der Waals surface area contributed by atoms with E-state index in [1.807, 2.05) is 30.3 Å². The first kappa shape index (κ1) is 22.7. The van der Waals surface area contributed by atoms with E-state index in [0.717, 1.165) is 5.56 Å². The first-order chi connectivity index (χ1) is 15.7. The number of carboxylic acids is 1. The van der Waals surface area contributed by atoms with Crippen molar-refractivity contribution in [1.82, 2.24) is 5.32 Å². The molecular weight excluding hydrogens is 414 g/mol. The van der Waals surface area contributed by atoms with E-state index in [2.05, 4.69) is 5.32 Å². The number of benzene rings is 1. The van der Waals surface area contributed by atoms with Crippen molar-refractivity contribution in [3.8, 4) is 0 Å². The zero-order valence-corrected chi connectivity index (χ0v) is 20.2. The van der Waals surface area contributed by atoms with Gasteiger partial charge in [-0.05, 0) is 112 Å². The second-order valence-corrected chi connectivity index (χ2v) is 12.4. The van der Waals surface area contributed by atoms with E-state index in [1.54, 1.807) is 59.3 Å². The van der Waals surface area contributed by atoms with Gasteiger partial charge in [0.2, 0.25) is 0 Å². The molecule has 7 aliphatic rings. The molecule has 2 N–H and O–H groups in total. The van der Waals surface area contributed by atoms with E-state index in [9.17, 15) is 9.59 Å². The minimum atomic E-state index is -1.09. The Kier molecular flexibility index (Phi) is 5.95. The van der Waals surface area contributed by atoms with Gasteiger partial charge in [-0.25, -0.2) is 9.59 Å². The van der Waals surface area contributed by atoms with Gasteiger partial charge in [-0.15, -0.1) is 0 Å². The van der Waals surface area contributed by atoms with Crippen molar-refractivity contribution >= 4 is 12.1 Å². The normalized spacial score (nSPS) is 37.8. The highest BCUT2D eigenvalue weighted by molar-refractivity contribution is 5.80. The number of hydrogen-bond acceptors (Lipinski definition) is 3. The molecule has 0 saturated heterocycles. The van der Waals surface area contributed by atoms with Gasteiger partial charge in [0, 0.05) is 6.42 Å². The summed E-state index contributed by atoms with van der Waals surface area (Å²) in [5.41, 5.74) is 0.186. The average molecular weight is 454 g/mol. The topological polar surface area (TPSA) is 75.6 Å². The number of carbonyl (C=O) groups is 2. The first-order valence-corrected chi connectivity index (χ1v) is 12.9. The number of nitrogens with one attached hydrogen (secondary N) is 1. The average Bonchev–Trinajstić information content (AvgIpc) is 2.76. The lowest BCUT2D eigenvalue weighted by atomic mass is 9.36. The minimum Gasteiger partial charge on any atom is -0.480 e. The van der Waals surface area contributed by atoms with Gasteiger partial charge in [-0.2, -0.15) is 0 Å². The van der Waals surface area contributed by atoms with Gasteiger partial charge in [-0.1, -0.05) is 30.3 Å². The van der Waals surface area contributed by atoms with Crippen LogP contribution in [-0.2, 0) is 16.0 Å². The van der Waals surface area contributed by atoms with Crippen LogP contribution in [0.3, 0.4) is 0 Å². The van der Waals surface area contributed by atoms with E-state index in [0.29, 0.717) is 0 Å². The van der Waals surface area contributed by atoms with Gasteiger partial charge in [0.05, 0.1) is 0 Å². The molecule has 5 nitrogen and oxygen atoms in total. The molecule has 7 saturated carbocycles. The summed E-state index contributed by atoms with van der Waals surface area (Å²) in [6.07, 6.45) is 9.42. The number of carboxylic acid groups (broad SMARTS) is 1. The molecule has 180 valence electrons. The van der Waals surface area contributed by atoms with Crippen molar-refractivity contribution in [3.63, 3.8) is 0 Å². The van der Waals surface area contributed by atoms with E-state index in [1.165, 1.54) is 47.3 Å². The molecule has 8 rings (SSSR count). The fourth-order valence-corrected chi connectivity index (χ4v) is 8.39. The highest BCUT2D eigenvalue weighted by Gasteiger charge is 2.63. The van der Waals surface area contributed by atoms with Crippen molar-refractivity contribution < 1.29 is 19.4 Å². The molecule has 7 fully saturated rings. The molecule has 1 atom stereocenters. The van der Waals surface area contributed by atoms with Gasteiger partial charge in [0.15, 0.2) is 0 Å². The maximum Gasteiger partial charge on any atom is 0.408 e. The standard InChI is InChI=1S/C14H19NO4.C14H20/c1-14(2,3)19-13(18)15-11(12(16)17)9-10-7-5-4-6-8-10;1-7-2-12-10-4-8-5-11(9(1)10)13(3-7)14(12)6-8/h4-8,11H,9H2,1-3H3,(H,15,18)(H,16,17);7-14H,1-6H2/t11-;/m0./s1. The van der Waals surface area contributed by atoms with Crippen LogP contribution in [0.2, 0.25) is 0 Å². The van der Waals surface area contributed by atoms with E-state index >= 15 is 0 Å². The molecule has 0 heterocycles. The number of alkyl carbamates (subject to hydrolysis) is 1. The largest absolute Gasteiger partial charge is 0.480 e. The first-order valence-electron chi connectivity index (χ1n) is 12.9. The zero-order chi connectivity index (χ0) is 23.3. The number of carbonyl (C=O) groups excluding carboxylic acids is 1. The van der Waals surface area contributed by atoms with Crippen LogP contribution >= 0.6 is 0 Å². The summed E-state index contributed by atoms with van der Waals surface area (Å²) in [5.74, 6) is 8.65. The van der Waals surface area contributed by atoms with Gasteiger partial charge in [0.25, 0.3) is 0 Å². The molecule has 0 spiro atoms. The SMILES string of the molecule is C1C2CC3C4CC5CC(C14)C(C2)C3C5.CC(C)(C)OC(=O)N[C@@H](Cc1ccccc1)C(=O)O. The summed E-state index contributed by atoms with van der Waals surface area (Å²) >= 11 is 0. The van der Waals surface area contributed by atoms with Crippen LogP contribution in [0.4, 0.5) is 4.79 Å². The molecule has 1 aromatic carbocycles. The Labute approximate surface area is 197 Å². The predicted octanol–water partition coefficient (Wildman–Crippen LogP) is 5.53. The summed E-state index contributed by atoms with van der Waals surface area (Å²) in [6.45, 7) is 5.17. The number of hydrogen-bond donors (Lipinski definition) is 2. The highest BCUT2D eigenvalue weighted by atomic mass is 16.6. The summed E-state index contributed by atoms with van der Waals surface area (Å²) in [5, 5.41) is 11.5. The third kappa shape index (κ3) is 4.65. The van der Waals surface area contributed by atoms with E-state index in [4.69, 9.17) is 9.84 Å². The molecule has 1 aromatic rings. The molecule has 0 aliphatic heterocycles. The van der Waals surface area contributed by atoms with Crippen LogP contribution in [-0.4, -0.2) is 28.8 Å². The summed E-state index contributed by atoms with van der Waals surface area (Å²) in [7, 11) is 0. The minimum absolute atomic E-state index is 0.218. The Morgan fingerprint density at radius 3 is 1.67 bits per heavy atom. The van der Waals surface area contributed by atoms with Crippen LogP contribution in [0.25, 0.3) is 0 Å². The lowest BCUT2D eigenvalue weighted by molar-refractivity contribution is -0.202. The Morgan fingerprint density at radius 2 is 1.30 bits per heavy atom. The van der Waals surface area contributed by atoms with Crippen LogP contribution < -0.4 is 5.32 Å². The number of aliphatic carboxylic acids is 1. The summed E-state index contributed by atoms with van der Waals surface area (Å²) in [4.78, 5) is 22.7. The number of ether oxygens (including phenoxy) is 1. The van der Waals surface area contributed by atoms with Crippen molar-refractivity contribution in [3.05, 3.63) is 35.9 Å². The van der Waals surface area contributed by atoms with E-state index in [-0.39, 0.29) is 6.42 Å². The fourth-order valence-electron chi connectivity index (χ4n) is 8.39. The van der Waals surface area contributed by atoms with Crippen molar-refractivity contribution in [1.29, 1.82) is 0 Å². The Morgan fingerprint density at radius 1 is 0.879 bits per heavy atom. The third-order valence-corrected chi connectivity index (χ3v) is 9.20. The van der Waals surface area contributed by atoms with Gasteiger partial charge in [-0.3, -0.25) is 0 Å². The zero-order valence-electron chi connectivity index (χ0n) is 20.2. The second-order valence-electron chi connectivity index (χ2n) is 12.4. The Balaban J connectivity index is 0.000000142. The highest BCUT2D eigenvalue weighted by Crippen LogP contribution is 2.71. The molecule has 8 bridgehead atoms. The molecule has 1 amide bonds. The lowest BCUT2D eigenvalue weighted by Crippen LogP contribution is -2.62. The van der Waals surface area contributed by atoms with Crippen molar-refractivity contribution in [2.45, 2.75) is 77.4 Å². The summed E-state index contributed by atoms with van der Waals surface area (Å²) in [6, 6.07) is 8.11. The van der Waals surface area contributed by atoms with Crippen LogP contribution in [0.15, 0.2) is 30.3 Å². The maximum atomic E-state index is 11.6.